The minimum atomic E-state index is -0.795. The second-order valence-corrected chi connectivity index (χ2v) is 7.05. The van der Waals surface area contributed by atoms with Crippen LogP contribution in [0.3, 0.4) is 0 Å². The van der Waals surface area contributed by atoms with Crippen molar-refractivity contribution < 1.29 is 23.5 Å². The Kier molecular flexibility index (Phi) is 7.59. The fourth-order valence-electron chi connectivity index (χ4n) is 2.93. The van der Waals surface area contributed by atoms with E-state index in [1.165, 1.54) is 23.1 Å². The van der Waals surface area contributed by atoms with Crippen LogP contribution in [0.4, 0.5) is 4.39 Å². The van der Waals surface area contributed by atoms with E-state index in [4.69, 9.17) is 9.47 Å². The molecule has 1 N–H and O–H groups in total. The molecule has 7 heteroatoms. The van der Waals surface area contributed by atoms with Crippen molar-refractivity contribution >= 4 is 11.8 Å². The maximum Gasteiger partial charge on any atom is 0.254 e. The summed E-state index contributed by atoms with van der Waals surface area (Å²) >= 11 is 0. The van der Waals surface area contributed by atoms with Crippen LogP contribution in [0.1, 0.15) is 29.8 Å². The first-order valence-corrected chi connectivity index (χ1v) is 9.29. The van der Waals surface area contributed by atoms with E-state index in [0.717, 1.165) is 5.56 Å². The van der Waals surface area contributed by atoms with Gasteiger partial charge in [-0.05, 0) is 30.2 Å². The molecule has 2 aromatic rings. The third-order valence-corrected chi connectivity index (χ3v) is 4.62. The van der Waals surface area contributed by atoms with Gasteiger partial charge in [-0.2, -0.15) is 0 Å². The highest BCUT2D eigenvalue weighted by atomic mass is 19.1. The van der Waals surface area contributed by atoms with Crippen molar-refractivity contribution in [3.05, 3.63) is 59.4 Å². The molecular weight excluding hydrogens is 375 g/mol. The zero-order valence-electron chi connectivity index (χ0n) is 17.4. The molecule has 0 aromatic heterocycles. The lowest BCUT2D eigenvalue weighted by Gasteiger charge is -2.27. The summed E-state index contributed by atoms with van der Waals surface area (Å²) < 4.78 is 24.5. The number of ether oxygens (including phenoxy) is 2. The van der Waals surface area contributed by atoms with Crippen LogP contribution in [0.15, 0.2) is 42.5 Å². The van der Waals surface area contributed by atoms with E-state index in [1.807, 2.05) is 19.9 Å². The predicted octanol–water partition coefficient (Wildman–Crippen LogP) is 3.26. The Morgan fingerprint density at radius 3 is 2.38 bits per heavy atom. The number of methoxy groups -OCH3 is 2. The fourth-order valence-corrected chi connectivity index (χ4v) is 2.93. The standard InChI is InChI=1S/C22H27FN2O4/c1-14(2)20(24-21(26)17-8-6-7-9-18(17)23)22(27)25(3)13-15-10-11-16(28-4)12-19(15)29-5/h6-12,14,20H,13H2,1-5H3,(H,24,26). The fraction of sp³-hybridized carbons (Fsp3) is 0.364. The van der Waals surface area contributed by atoms with Gasteiger partial charge in [-0.15, -0.1) is 0 Å². The van der Waals surface area contributed by atoms with Gasteiger partial charge >= 0.3 is 0 Å². The molecule has 6 nitrogen and oxygen atoms in total. The Labute approximate surface area is 170 Å². The number of benzene rings is 2. The second-order valence-electron chi connectivity index (χ2n) is 7.05. The highest BCUT2D eigenvalue weighted by Crippen LogP contribution is 2.26. The van der Waals surface area contributed by atoms with Gasteiger partial charge < -0.3 is 19.7 Å². The normalized spacial score (nSPS) is 11.7. The molecule has 1 unspecified atom stereocenters. The number of likely N-dealkylation sites (N-methyl/N-ethyl adjacent to an activating group) is 1. The Hall–Kier alpha value is -3.09. The number of halogens is 1. The van der Waals surface area contributed by atoms with E-state index in [1.54, 1.807) is 39.5 Å². The topological polar surface area (TPSA) is 67.9 Å². The first kappa shape index (κ1) is 22.2. The molecule has 2 rings (SSSR count). The zero-order valence-corrected chi connectivity index (χ0v) is 17.4. The molecule has 0 aliphatic heterocycles. The van der Waals surface area contributed by atoms with Gasteiger partial charge in [0.25, 0.3) is 5.91 Å². The molecule has 0 saturated heterocycles. The third kappa shape index (κ3) is 5.47. The van der Waals surface area contributed by atoms with Crippen LogP contribution in [0.2, 0.25) is 0 Å². The summed E-state index contributed by atoms with van der Waals surface area (Å²) in [5, 5.41) is 2.67. The smallest absolute Gasteiger partial charge is 0.254 e. The van der Waals surface area contributed by atoms with Gasteiger partial charge in [-0.3, -0.25) is 9.59 Å². The van der Waals surface area contributed by atoms with E-state index in [2.05, 4.69) is 5.32 Å². The van der Waals surface area contributed by atoms with Gasteiger partial charge in [0, 0.05) is 25.2 Å². The average Bonchev–Trinajstić information content (AvgIpc) is 2.71. The molecule has 0 heterocycles. The van der Waals surface area contributed by atoms with Crippen molar-refractivity contribution in [2.75, 3.05) is 21.3 Å². The number of nitrogens with zero attached hydrogens (tertiary/aromatic N) is 1. The van der Waals surface area contributed by atoms with Crippen molar-refractivity contribution in [1.29, 1.82) is 0 Å². The zero-order chi connectivity index (χ0) is 21.6. The molecule has 0 spiro atoms. The van der Waals surface area contributed by atoms with Gasteiger partial charge in [-0.25, -0.2) is 4.39 Å². The number of carbonyl (C=O) groups excluding carboxylic acids is 2. The van der Waals surface area contributed by atoms with Crippen LogP contribution >= 0.6 is 0 Å². The quantitative estimate of drug-likeness (QED) is 0.736. The molecule has 1 atom stereocenters. The largest absolute Gasteiger partial charge is 0.497 e. The summed E-state index contributed by atoms with van der Waals surface area (Å²) in [4.78, 5) is 27.0. The third-order valence-electron chi connectivity index (χ3n) is 4.62. The second kappa shape index (κ2) is 9.91. The predicted molar refractivity (Wildman–Crippen MR) is 109 cm³/mol. The van der Waals surface area contributed by atoms with E-state index in [0.29, 0.717) is 11.5 Å². The molecule has 2 amide bonds. The molecule has 156 valence electrons. The first-order chi connectivity index (χ1) is 13.8. The maximum atomic E-state index is 13.9. The molecule has 0 bridgehead atoms. The van der Waals surface area contributed by atoms with Crippen molar-refractivity contribution in [1.82, 2.24) is 10.2 Å². The Morgan fingerprint density at radius 1 is 1.10 bits per heavy atom. The lowest BCUT2D eigenvalue weighted by Crippen LogP contribution is -2.50. The summed E-state index contributed by atoms with van der Waals surface area (Å²) in [5.74, 6) is -0.458. The number of hydrogen-bond acceptors (Lipinski definition) is 4. The average molecular weight is 402 g/mol. The SMILES string of the molecule is COc1ccc(CN(C)C(=O)C(NC(=O)c2ccccc2F)C(C)C)c(OC)c1. The Morgan fingerprint density at radius 2 is 1.79 bits per heavy atom. The minimum Gasteiger partial charge on any atom is -0.497 e. The molecule has 0 aliphatic rings. The van der Waals surface area contributed by atoms with Crippen LogP contribution < -0.4 is 14.8 Å². The van der Waals surface area contributed by atoms with Gasteiger partial charge in [0.05, 0.1) is 19.8 Å². The van der Waals surface area contributed by atoms with Crippen molar-refractivity contribution in [3.63, 3.8) is 0 Å². The summed E-state index contributed by atoms with van der Waals surface area (Å²) in [6, 6.07) is 10.2. The summed E-state index contributed by atoms with van der Waals surface area (Å²) in [6.07, 6.45) is 0. The van der Waals surface area contributed by atoms with E-state index >= 15 is 0 Å². The number of rotatable bonds is 8. The van der Waals surface area contributed by atoms with Crippen LogP contribution in [-0.2, 0) is 11.3 Å². The lowest BCUT2D eigenvalue weighted by atomic mass is 10.0. The molecule has 0 aliphatic carbocycles. The minimum absolute atomic E-state index is 0.0922. The maximum absolute atomic E-state index is 13.9. The van der Waals surface area contributed by atoms with Crippen LogP contribution in [0, 0.1) is 11.7 Å². The van der Waals surface area contributed by atoms with Crippen LogP contribution in [0.25, 0.3) is 0 Å². The monoisotopic (exact) mass is 402 g/mol. The molecule has 0 saturated carbocycles. The number of hydrogen-bond donors (Lipinski definition) is 1. The van der Waals surface area contributed by atoms with Crippen molar-refractivity contribution in [3.8, 4) is 11.5 Å². The van der Waals surface area contributed by atoms with Crippen LogP contribution in [0.5, 0.6) is 11.5 Å². The molecule has 29 heavy (non-hydrogen) atoms. The van der Waals surface area contributed by atoms with Crippen molar-refractivity contribution in [2.24, 2.45) is 5.92 Å². The first-order valence-electron chi connectivity index (χ1n) is 9.29. The van der Waals surface area contributed by atoms with Gasteiger partial charge in [0.2, 0.25) is 5.91 Å². The molecule has 0 fully saturated rings. The Balaban J connectivity index is 2.16. The molecule has 2 aromatic carbocycles. The van der Waals surface area contributed by atoms with Gasteiger partial charge in [0.15, 0.2) is 0 Å². The summed E-state index contributed by atoms with van der Waals surface area (Å²) in [6.45, 7) is 3.93. The van der Waals surface area contributed by atoms with Gasteiger partial charge in [0.1, 0.15) is 23.4 Å². The summed E-state index contributed by atoms with van der Waals surface area (Å²) in [7, 11) is 4.76. The molecular formula is C22H27FN2O4. The summed E-state index contributed by atoms with van der Waals surface area (Å²) in [5.41, 5.74) is 0.706. The van der Waals surface area contributed by atoms with E-state index in [9.17, 15) is 14.0 Å². The number of amides is 2. The lowest BCUT2D eigenvalue weighted by molar-refractivity contribution is -0.133. The van der Waals surface area contributed by atoms with Crippen LogP contribution in [-0.4, -0.2) is 44.0 Å². The van der Waals surface area contributed by atoms with E-state index in [-0.39, 0.29) is 23.9 Å². The highest BCUT2D eigenvalue weighted by Gasteiger charge is 2.28. The van der Waals surface area contributed by atoms with Gasteiger partial charge in [-0.1, -0.05) is 26.0 Å². The number of nitrogens with one attached hydrogen (secondary N) is 1. The highest BCUT2D eigenvalue weighted by molar-refractivity contribution is 5.97. The number of carbonyl (C=O) groups is 2. The molecule has 0 radical (unpaired) electrons. The van der Waals surface area contributed by atoms with Crippen molar-refractivity contribution in [2.45, 2.75) is 26.4 Å². The van der Waals surface area contributed by atoms with E-state index < -0.39 is 17.8 Å². The Bertz CT molecular complexity index is 870.